The van der Waals surface area contributed by atoms with Crippen molar-refractivity contribution in [1.29, 1.82) is 0 Å². The number of carboxylic acids is 1. The van der Waals surface area contributed by atoms with Crippen LogP contribution in [0.1, 0.15) is 39.0 Å². The van der Waals surface area contributed by atoms with Gasteiger partial charge < -0.3 is 15.7 Å². The molecule has 2 amide bonds. The minimum atomic E-state index is -0.733. The van der Waals surface area contributed by atoms with Crippen LogP contribution in [0.2, 0.25) is 0 Å². The van der Waals surface area contributed by atoms with Gasteiger partial charge in [0.2, 0.25) is 0 Å². The van der Waals surface area contributed by atoms with E-state index in [1.54, 1.807) is 0 Å². The molecule has 2 saturated carbocycles. The molecule has 3 N–H and O–H groups in total. The van der Waals surface area contributed by atoms with Gasteiger partial charge in [-0.2, -0.15) is 0 Å². The highest BCUT2D eigenvalue weighted by molar-refractivity contribution is 5.75. The number of amides is 2. The molecule has 0 aromatic rings. The van der Waals surface area contributed by atoms with Gasteiger partial charge in [0.15, 0.2) is 0 Å². The molecule has 0 saturated heterocycles. The minimum Gasteiger partial charge on any atom is -0.481 e. The summed E-state index contributed by atoms with van der Waals surface area (Å²) >= 11 is 0. The standard InChI is InChI=1S/C12H20N2O3/c1-12(5-6-12)14-11(17)13-7-8-3-2-4-9(8)10(15)16/h8-9H,2-7H2,1H3,(H,15,16)(H2,13,14,17). The van der Waals surface area contributed by atoms with Crippen LogP contribution in [0, 0.1) is 11.8 Å². The van der Waals surface area contributed by atoms with E-state index in [0.717, 1.165) is 32.1 Å². The summed E-state index contributed by atoms with van der Waals surface area (Å²) in [7, 11) is 0. The highest BCUT2D eigenvalue weighted by Gasteiger charge is 2.39. The first-order chi connectivity index (χ1) is 8.00. The lowest BCUT2D eigenvalue weighted by atomic mass is 9.96. The summed E-state index contributed by atoms with van der Waals surface area (Å²) in [6, 6.07) is -0.166. The second-order valence-corrected chi connectivity index (χ2v) is 5.53. The average molecular weight is 240 g/mol. The van der Waals surface area contributed by atoms with E-state index in [4.69, 9.17) is 5.11 Å². The molecule has 2 aliphatic rings. The number of aliphatic carboxylic acids is 1. The molecular weight excluding hydrogens is 220 g/mol. The van der Waals surface area contributed by atoms with Crippen LogP contribution in [0.4, 0.5) is 4.79 Å². The molecule has 5 nitrogen and oxygen atoms in total. The van der Waals surface area contributed by atoms with Gasteiger partial charge >= 0.3 is 12.0 Å². The van der Waals surface area contributed by atoms with Crippen molar-refractivity contribution in [3.05, 3.63) is 0 Å². The van der Waals surface area contributed by atoms with Gasteiger partial charge in [0.25, 0.3) is 0 Å². The number of nitrogens with one attached hydrogen (secondary N) is 2. The summed E-state index contributed by atoms with van der Waals surface area (Å²) < 4.78 is 0. The number of urea groups is 1. The van der Waals surface area contributed by atoms with Crippen LogP contribution in [-0.4, -0.2) is 29.2 Å². The maximum absolute atomic E-state index is 11.6. The third-order valence-corrected chi connectivity index (χ3v) is 3.92. The number of hydrogen-bond donors (Lipinski definition) is 3. The van der Waals surface area contributed by atoms with Crippen molar-refractivity contribution in [2.75, 3.05) is 6.54 Å². The second-order valence-electron chi connectivity index (χ2n) is 5.53. The van der Waals surface area contributed by atoms with E-state index < -0.39 is 5.97 Å². The molecule has 0 bridgehead atoms. The molecule has 5 heteroatoms. The molecule has 2 unspecified atom stereocenters. The maximum atomic E-state index is 11.6. The third-order valence-electron chi connectivity index (χ3n) is 3.92. The molecule has 0 aliphatic heterocycles. The molecule has 96 valence electrons. The van der Waals surface area contributed by atoms with Crippen LogP contribution in [0.25, 0.3) is 0 Å². The molecule has 0 aromatic carbocycles. The fraction of sp³-hybridized carbons (Fsp3) is 0.833. The molecule has 2 rings (SSSR count). The number of hydrogen-bond acceptors (Lipinski definition) is 2. The van der Waals surface area contributed by atoms with Crippen LogP contribution < -0.4 is 10.6 Å². The Morgan fingerprint density at radius 2 is 2.06 bits per heavy atom. The zero-order valence-electron chi connectivity index (χ0n) is 10.2. The SMILES string of the molecule is CC1(NC(=O)NCC2CCCC2C(=O)O)CC1. The number of carboxylic acid groups (broad SMARTS) is 1. The van der Waals surface area contributed by atoms with Gasteiger partial charge in [-0.3, -0.25) is 4.79 Å². The van der Waals surface area contributed by atoms with Crippen molar-refractivity contribution in [2.45, 2.75) is 44.6 Å². The van der Waals surface area contributed by atoms with Crippen molar-refractivity contribution in [1.82, 2.24) is 10.6 Å². The maximum Gasteiger partial charge on any atom is 0.315 e. The fourth-order valence-electron chi connectivity index (χ4n) is 2.46. The Morgan fingerprint density at radius 3 is 2.65 bits per heavy atom. The molecule has 0 radical (unpaired) electrons. The van der Waals surface area contributed by atoms with Crippen molar-refractivity contribution >= 4 is 12.0 Å². The quantitative estimate of drug-likeness (QED) is 0.694. The fourth-order valence-corrected chi connectivity index (χ4v) is 2.46. The van der Waals surface area contributed by atoms with Crippen LogP contribution in [0.5, 0.6) is 0 Å². The lowest BCUT2D eigenvalue weighted by Crippen LogP contribution is -2.44. The van der Waals surface area contributed by atoms with Gasteiger partial charge in [-0.1, -0.05) is 6.42 Å². The molecular formula is C12H20N2O3. The summed E-state index contributed by atoms with van der Waals surface area (Å²) in [5.41, 5.74) is -0.0219. The van der Waals surface area contributed by atoms with E-state index >= 15 is 0 Å². The predicted octanol–water partition coefficient (Wildman–Crippen LogP) is 1.34. The van der Waals surface area contributed by atoms with E-state index in [0.29, 0.717) is 6.54 Å². The second kappa shape index (κ2) is 4.55. The zero-order chi connectivity index (χ0) is 12.5. The van der Waals surface area contributed by atoms with Crippen LogP contribution >= 0.6 is 0 Å². The zero-order valence-corrected chi connectivity index (χ0v) is 10.2. The van der Waals surface area contributed by atoms with Crippen LogP contribution in [0.15, 0.2) is 0 Å². The Morgan fingerprint density at radius 1 is 1.35 bits per heavy atom. The summed E-state index contributed by atoms with van der Waals surface area (Å²) in [5, 5.41) is 14.7. The summed E-state index contributed by atoms with van der Waals surface area (Å²) in [6.45, 7) is 2.49. The molecule has 0 heterocycles. The van der Waals surface area contributed by atoms with Crippen LogP contribution in [0.3, 0.4) is 0 Å². The van der Waals surface area contributed by atoms with Crippen LogP contribution in [-0.2, 0) is 4.79 Å². The Labute approximate surface area is 101 Å². The Kier molecular flexibility index (Phi) is 3.26. The van der Waals surface area contributed by atoms with Crippen molar-refractivity contribution in [2.24, 2.45) is 11.8 Å². The topological polar surface area (TPSA) is 78.4 Å². The smallest absolute Gasteiger partial charge is 0.315 e. The normalized spacial score (nSPS) is 29.7. The van der Waals surface area contributed by atoms with E-state index in [9.17, 15) is 9.59 Å². The molecule has 2 atom stereocenters. The van der Waals surface area contributed by atoms with E-state index in [1.165, 1.54) is 0 Å². The van der Waals surface area contributed by atoms with E-state index in [2.05, 4.69) is 10.6 Å². The van der Waals surface area contributed by atoms with Gasteiger partial charge in [-0.15, -0.1) is 0 Å². The van der Waals surface area contributed by atoms with E-state index in [1.807, 2.05) is 6.92 Å². The number of carbonyl (C=O) groups is 2. The highest BCUT2D eigenvalue weighted by atomic mass is 16.4. The number of carbonyl (C=O) groups excluding carboxylic acids is 1. The lowest BCUT2D eigenvalue weighted by Gasteiger charge is -2.18. The molecule has 0 aromatic heterocycles. The molecule has 17 heavy (non-hydrogen) atoms. The van der Waals surface area contributed by atoms with E-state index in [-0.39, 0.29) is 23.4 Å². The largest absolute Gasteiger partial charge is 0.481 e. The predicted molar refractivity (Wildman–Crippen MR) is 62.6 cm³/mol. The molecule has 2 fully saturated rings. The molecule has 0 spiro atoms. The van der Waals surface area contributed by atoms with Gasteiger partial charge in [-0.05, 0) is 38.5 Å². The Bertz CT molecular complexity index is 326. The Balaban J connectivity index is 1.73. The first-order valence-corrected chi connectivity index (χ1v) is 6.29. The van der Waals surface area contributed by atoms with Crippen molar-refractivity contribution < 1.29 is 14.7 Å². The number of rotatable bonds is 4. The van der Waals surface area contributed by atoms with Gasteiger partial charge in [0.1, 0.15) is 0 Å². The monoisotopic (exact) mass is 240 g/mol. The summed E-state index contributed by atoms with van der Waals surface area (Å²) in [5.74, 6) is -0.930. The first kappa shape index (κ1) is 12.2. The summed E-state index contributed by atoms with van der Waals surface area (Å²) in [4.78, 5) is 22.5. The van der Waals surface area contributed by atoms with Gasteiger partial charge in [0, 0.05) is 12.1 Å². The van der Waals surface area contributed by atoms with Crippen molar-refractivity contribution in [3.8, 4) is 0 Å². The lowest BCUT2D eigenvalue weighted by molar-refractivity contribution is -0.142. The summed E-state index contributed by atoms with van der Waals surface area (Å²) in [6.07, 6.45) is 4.64. The average Bonchev–Trinajstić information content (AvgIpc) is 2.82. The molecule has 2 aliphatic carbocycles. The Hall–Kier alpha value is -1.26. The third kappa shape index (κ3) is 3.11. The van der Waals surface area contributed by atoms with Crippen molar-refractivity contribution in [3.63, 3.8) is 0 Å². The minimum absolute atomic E-state index is 0.0219. The van der Waals surface area contributed by atoms with Gasteiger partial charge in [0.05, 0.1) is 5.92 Å². The highest BCUT2D eigenvalue weighted by Crippen LogP contribution is 2.34. The van der Waals surface area contributed by atoms with Gasteiger partial charge in [-0.25, -0.2) is 4.79 Å². The first-order valence-electron chi connectivity index (χ1n) is 6.29.